The maximum absolute atomic E-state index is 11.4. The zero-order chi connectivity index (χ0) is 48.3. The number of rotatable bonds is 9. The summed E-state index contributed by atoms with van der Waals surface area (Å²) in [6.07, 6.45) is 1.74. The van der Waals surface area contributed by atoms with Gasteiger partial charge >= 0.3 is 0 Å². The Morgan fingerprint density at radius 1 is 0.550 bits per heavy atom. The first kappa shape index (κ1) is 30.1. The minimum Gasteiger partial charge on any atom is -0.507 e. The number of para-hydroxylation sites is 2. The Kier molecular flexibility index (Phi) is 8.00. The van der Waals surface area contributed by atoms with Crippen molar-refractivity contribution < 1.29 is 16.1 Å². The van der Waals surface area contributed by atoms with Gasteiger partial charge in [0, 0.05) is 28.3 Å². The van der Waals surface area contributed by atoms with Crippen LogP contribution in [0.4, 0.5) is 0 Å². The number of pyridine rings is 1. The molecule has 0 radical (unpaired) electrons. The number of hydrogen-bond donors (Lipinski definition) is 1. The molecule has 0 saturated carbocycles. The van der Waals surface area contributed by atoms with E-state index < -0.39 is 25.5 Å². The Hall–Kier alpha value is -7.04. The summed E-state index contributed by atoms with van der Waals surface area (Å²) in [6, 6.07) is 50.6. The first-order valence-electron chi connectivity index (χ1n) is 24.0. The summed E-state index contributed by atoms with van der Waals surface area (Å²) in [4.78, 5) is 10.1. The van der Waals surface area contributed by atoms with Gasteiger partial charge in [0.2, 0.25) is 0 Å². The highest BCUT2D eigenvalue weighted by atomic mass is 16.3. The van der Waals surface area contributed by atoms with Crippen LogP contribution in [-0.4, -0.2) is 19.6 Å². The molecule has 0 aliphatic heterocycles. The van der Waals surface area contributed by atoms with Gasteiger partial charge in [0.15, 0.2) is 0 Å². The molecule has 4 heteroatoms. The SMILES string of the molecule is [2H]C([2H])([2H])c1ccc(-c2ccnc(-c3cc(-c4ccccc4)cc(-c4cccc5c4nc(-c4ccccc4O)n5-c4ccc(-c5c(C([2H])(C)C)cccc5C([2H])(C)C)cc4C([2H])([2H])[2H])c3)c2)cc1. The van der Waals surface area contributed by atoms with E-state index in [-0.39, 0.29) is 16.9 Å². The van der Waals surface area contributed by atoms with Crippen molar-refractivity contribution in [1.29, 1.82) is 0 Å². The third-order valence-corrected chi connectivity index (χ3v) is 11.1. The Labute approximate surface area is 364 Å². The maximum Gasteiger partial charge on any atom is 0.149 e. The molecule has 0 aliphatic carbocycles. The van der Waals surface area contributed by atoms with Crippen LogP contribution in [0.25, 0.3) is 83.9 Å². The molecule has 0 bridgehead atoms. The summed E-state index contributed by atoms with van der Waals surface area (Å²) >= 11 is 0. The second-order valence-corrected chi connectivity index (χ2v) is 15.6. The molecule has 1 N–H and O–H groups in total. The zero-order valence-electron chi connectivity index (χ0n) is 42.0. The molecule has 294 valence electrons. The Morgan fingerprint density at radius 2 is 1.22 bits per heavy atom. The van der Waals surface area contributed by atoms with Crippen molar-refractivity contribution >= 4 is 11.0 Å². The van der Waals surface area contributed by atoms with Crippen LogP contribution in [0.3, 0.4) is 0 Å². The number of aromatic nitrogens is 3. The second-order valence-electron chi connectivity index (χ2n) is 15.6. The molecular formula is C56H49N3O. The normalized spacial score (nSPS) is 14.3. The van der Waals surface area contributed by atoms with Crippen molar-refractivity contribution in [3.05, 3.63) is 192 Å². The Bertz CT molecular complexity index is 3310. The largest absolute Gasteiger partial charge is 0.507 e. The van der Waals surface area contributed by atoms with Crippen molar-refractivity contribution in [2.24, 2.45) is 0 Å². The fourth-order valence-corrected chi connectivity index (χ4v) is 8.16. The van der Waals surface area contributed by atoms with Crippen molar-refractivity contribution in [2.75, 3.05) is 0 Å². The van der Waals surface area contributed by atoms with Crippen LogP contribution in [0, 0.1) is 13.7 Å². The van der Waals surface area contributed by atoms with E-state index in [9.17, 15) is 5.11 Å². The van der Waals surface area contributed by atoms with Crippen LogP contribution in [0.15, 0.2) is 170 Å². The molecular weight excluding hydrogens is 731 g/mol. The molecule has 0 aliphatic rings. The second kappa shape index (κ2) is 16.0. The zero-order valence-corrected chi connectivity index (χ0v) is 34.0. The van der Waals surface area contributed by atoms with Gasteiger partial charge in [-0.3, -0.25) is 9.55 Å². The molecule has 7 aromatic carbocycles. The molecule has 2 heterocycles. The quantitative estimate of drug-likeness (QED) is 0.158. The predicted octanol–water partition coefficient (Wildman–Crippen LogP) is 15.0. The predicted molar refractivity (Wildman–Crippen MR) is 251 cm³/mol. The average Bonchev–Trinajstić information content (AvgIpc) is 3.70. The number of nitrogens with zero attached hydrogens (tertiary/aromatic N) is 3. The molecule has 9 rings (SSSR count). The Morgan fingerprint density at radius 3 is 1.95 bits per heavy atom. The first-order chi connectivity index (χ1) is 32.2. The lowest BCUT2D eigenvalue weighted by Crippen LogP contribution is -2.03. The summed E-state index contributed by atoms with van der Waals surface area (Å²) in [7, 11) is 0. The van der Waals surface area contributed by atoms with Gasteiger partial charge in [0.05, 0.1) is 28.0 Å². The van der Waals surface area contributed by atoms with Gasteiger partial charge in [-0.25, -0.2) is 4.98 Å². The lowest BCUT2D eigenvalue weighted by Gasteiger charge is -2.21. The molecule has 60 heavy (non-hydrogen) atoms. The number of aryl methyl sites for hydroxylation is 2. The summed E-state index contributed by atoms with van der Waals surface area (Å²) in [5, 5.41) is 11.4. The van der Waals surface area contributed by atoms with E-state index in [2.05, 4.69) is 18.2 Å². The topological polar surface area (TPSA) is 50.9 Å². The molecule has 0 saturated heterocycles. The molecule has 0 spiro atoms. The van der Waals surface area contributed by atoms with Crippen molar-refractivity contribution in [1.82, 2.24) is 14.5 Å². The van der Waals surface area contributed by atoms with E-state index in [1.807, 2.05) is 97.1 Å². The standard InChI is InChI=1S/C56H49N3O/c1-35(2)46-17-12-18-47(36(3)4)54(46)42-26-27-51(38(6)30-42)59-52-20-13-19-48(55(52)58-56(59)49-16-10-11-21-53(49)60)44-31-43(39-14-8-7-9-15-39)32-45(33-44)50-34-41(28-29-57-50)40-24-22-37(5)23-25-40/h7-36,60H,1-6H3/i5D3,6D3,35D,36D. The highest BCUT2D eigenvalue weighted by molar-refractivity contribution is 5.98. The minimum atomic E-state index is -2.63. The van der Waals surface area contributed by atoms with Gasteiger partial charge in [-0.1, -0.05) is 136 Å². The molecule has 9 aromatic rings. The number of hydrogen-bond acceptors (Lipinski definition) is 3. The van der Waals surface area contributed by atoms with Crippen LogP contribution in [0.5, 0.6) is 5.75 Å². The lowest BCUT2D eigenvalue weighted by molar-refractivity contribution is 0.477. The van der Waals surface area contributed by atoms with Crippen molar-refractivity contribution in [2.45, 2.75) is 53.2 Å². The van der Waals surface area contributed by atoms with Crippen LogP contribution in [0.1, 0.15) is 72.7 Å². The molecule has 0 fully saturated rings. The monoisotopic (exact) mass is 787 g/mol. The average molecular weight is 788 g/mol. The lowest BCUT2D eigenvalue weighted by atomic mass is 9.84. The number of phenols is 1. The summed E-state index contributed by atoms with van der Waals surface area (Å²) in [6.45, 7) is 2.31. The van der Waals surface area contributed by atoms with Crippen LogP contribution in [0.2, 0.25) is 0 Å². The van der Waals surface area contributed by atoms with E-state index >= 15 is 0 Å². The number of fused-ring (bicyclic) bond motifs is 1. The van der Waals surface area contributed by atoms with Gasteiger partial charge in [0.25, 0.3) is 0 Å². The van der Waals surface area contributed by atoms with E-state index in [1.165, 1.54) is 0 Å². The molecule has 0 unspecified atom stereocenters. The summed E-state index contributed by atoms with van der Waals surface area (Å²) < 4.78 is 70.4. The number of phenolic OH excluding ortho intramolecular Hbond substituents is 1. The number of benzene rings is 7. The van der Waals surface area contributed by atoms with Gasteiger partial charge in [0.1, 0.15) is 11.6 Å². The first-order valence-corrected chi connectivity index (χ1v) is 20.0. The third-order valence-electron chi connectivity index (χ3n) is 11.1. The van der Waals surface area contributed by atoms with Crippen molar-refractivity contribution in [3.63, 3.8) is 0 Å². The van der Waals surface area contributed by atoms with Gasteiger partial charge in [-0.2, -0.15) is 0 Å². The molecule has 0 atom stereocenters. The Balaban J connectivity index is 1.28. The van der Waals surface area contributed by atoms with Gasteiger partial charge in [-0.15, -0.1) is 0 Å². The van der Waals surface area contributed by atoms with E-state index in [0.717, 1.165) is 38.9 Å². The van der Waals surface area contributed by atoms with Crippen molar-refractivity contribution in [3.8, 4) is 78.6 Å². The summed E-state index contributed by atoms with van der Waals surface area (Å²) in [5.41, 5.74) is 11.5. The summed E-state index contributed by atoms with van der Waals surface area (Å²) in [5.74, 6) is -1.81. The molecule has 0 amide bonds. The maximum atomic E-state index is 11.4. The van der Waals surface area contributed by atoms with E-state index in [1.54, 1.807) is 87.0 Å². The fraction of sp³-hybridized carbons (Fsp3) is 0.143. The van der Waals surface area contributed by atoms with Gasteiger partial charge in [-0.05, 0) is 142 Å². The van der Waals surface area contributed by atoms with Crippen LogP contribution < -0.4 is 0 Å². The van der Waals surface area contributed by atoms with Crippen LogP contribution in [-0.2, 0) is 0 Å². The highest BCUT2D eigenvalue weighted by Crippen LogP contribution is 2.42. The smallest absolute Gasteiger partial charge is 0.149 e. The highest BCUT2D eigenvalue weighted by Gasteiger charge is 2.23. The van der Waals surface area contributed by atoms with Crippen LogP contribution >= 0.6 is 0 Å². The van der Waals surface area contributed by atoms with Gasteiger partial charge < -0.3 is 5.11 Å². The van der Waals surface area contributed by atoms with E-state index in [0.29, 0.717) is 56.1 Å². The third kappa shape index (κ3) is 7.20. The molecule has 2 aromatic heterocycles. The fourth-order valence-electron chi connectivity index (χ4n) is 8.16. The van der Waals surface area contributed by atoms with E-state index in [4.69, 9.17) is 20.9 Å². The molecule has 4 nitrogen and oxygen atoms in total. The number of aromatic hydroxyl groups is 1. The number of imidazole rings is 1. The minimum absolute atomic E-state index is 0.0288.